The van der Waals surface area contributed by atoms with Crippen molar-refractivity contribution >= 4 is 31.9 Å². The van der Waals surface area contributed by atoms with Crippen LogP contribution < -0.4 is 4.74 Å². The first kappa shape index (κ1) is 12.8. The predicted molar refractivity (Wildman–Crippen MR) is 58.0 cm³/mol. The molecule has 0 unspecified atom stereocenters. The van der Waals surface area contributed by atoms with E-state index in [4.69, 9.17) is 4.74 Å². The van der Waals surface area contributed by atoms with E-state index in [1.54, 1.807) is 6.92 Å². The lowest BCUT2D eigenvalue weighted by Gasteiger charge is -2.13. The van der Waals surface area contributed by atoms with Crippen LogP contribution in [0.1, 0.15) is 12.5 Å². The monoisotopic (exact) mass is 346 g/mol. The van der Waals surface area contributed by atoms with Crippen molar-refractivity contribution in [2.45, 2.75) is 13.1 Å². The molecule has 0 aromatic heterocycles. The third-order valence-electron chi connectivity index (χ3n) is 1.61. The van der Waals surface area contributed by atoms with Crippen LogP contribution in [0, 0.1) is 0 Å². The van der Waals surface area contributed by atoms with Gasteiger partial charge < -0.3 is 4.74 Å². The first-order valence-electron chi connectivity index (χ1n) is 4.05. The standard InChI is InChI=1S/C9H7Br2F3O/c1-2-15-5-3-6(10)8(7(11)4-5)9(12,13)14/h3-4H,2H2,1H3. The summed E-state index contributed by atoms with van der Waals surface area (Å²) in [6.45, 7) is 2.17. The summed E-state index contributed by atoms with van der Waals surface area (Å²) < 4.78 is 42.6. The number of hydrogen-bond acceptors (Lipinski definition) is 1. The van der Waals surface area contributed by atoms with Crippen LogP contribution in [0.15, 0.2) is 21.1 Å². The average Bonchev–Trinajstić information content (AvgIpc) is 1.99. The maximum atomic E-state index is 12.5. The molecule has 0 spiro atoms. The number of rotatable bonds is 2. The summed E-state index contributed by atoms with van der Waals surface area (Å²) in [6.07, 6.45) is -4.39. The summed E-state index contributed by atoms with van der Waals surface area (Å²) in [5, 5.41) is 0. The van der Waals surface area contributed by atoms with Gasteiger partial charge in [0.2, 0.25) is 0 Å². The van der Waals surface area contributed by atoms with Gasteiger partial charge in [-0.2, -0.15) is 13.2 Å². The highest BCUT2D eigenvalue weighted by molar-refractivity contribution is 9.11. The highest BCUT2D eigenvalue weighted by atomic mass is 79.9. The summed E-state index contributed by atoms with van der Waals surface area (Å²) in [7, 11) is 0. The van der Waals surface area contributed by atoms with E-state index in [1.807, 2.05) is 0 Å². The Balaban J connectivity index is 3.22. The Hall–Kier alpha value is -0.230. The van der Waals surface area contributed by atoms with E-state index < -0.39 is 11.7 Å². The first-order chi connectivity index (χ1) is 6.86. The van der Waals surface area contributed by atoms with Gasteiger partial charge in [-0.3, -0.25) is 0 Å². The lowest BCUT2D eigenvalue weighted by molar-refractivity contribution is -0.138. The smallest absolute Gasteiger partial charge is 0.418 e. The van der Waals surface area contributed by atoms with Gasteiger partial charge >= 0.3 is 6.18 Å². The van der Waals surface area contributed by atoms with Crippen molar-refractivity contribution in [3.63, 3.8) is 0 Å². The largest absolute Gasteiger partial charge is 0.494 e. The first-order valence-corrected chi connectivity index (χ1v) is 5.64. The predicted octanol–water partition coefficient (Wildman–Crippen LogP) is 4.63. The van der Waals surface area contributed by atoms with Gasteiger partial charge in [-0.1, -0.05) is 31.9 Å². The van der Waals surface area contributed by atoms with Crippen molar-refractivity contribution in [1.29, 1.82) is 0 Å². The Morgan fingerprint density at radius 1 is 1.20 bits per heavy atom. The van der Waals surface area contributed by atoms with Crippen LogP contribution in [-0.2, 0) is 6.18 Å². The second-order valence-corrected chi connectivity index (χ2v) is 4.40. The Morgan fingerprint density at radius 3 is 2.00 bits per heavy atom. The van der Waals surface area contributed by atoms with Crippen molar-refractivity contribution in [3.8, 4) is 5.75 Å². The van der Waals surface area contributed by atoms with Crippen molar-refractivity contribution in [2.75, 3.05) is 6.61 Å². The van der Waals surface area contributed by atoms with Crippen LogP contribution in [0.4, 0.5) is 13.2 Å². The number of halogens is 5. The number of ether oxygens (including phenoxy) is 1. The highest BCUT2D eigenvalue weighted by Crippen LogP contribution is 2.41. The van der Waals surface area contributed by atoms with Gasteiger partial charge in [-0.05, 0) is 19.1 Å². The van der Waals surface area contributed by atoms with E-state index in [1.165, 1.54) is 12.1 Å². The molecule has 0 N–H and O–H groups in total. The minimum atomic E-state index is -4.39. The van der Waals surface area contributed by atoms with Gasteiger partial charge in [-0.15, -0.1) is 0 Å². The highest BCUT2D eigenvalue weighted by Gasteiger charge is 2.35. The quantitative estimate of drug-likeness (QED) is 0.758. The molecule has 15 heavy (non-hydrogen) atoms. The fraction of sp³-hybridized carbons (Fsp3) is 0.333. The third-order valence-corrected chi connectivity index (χ3v) is 2.86. The van der Waals surface area contributed by atoms with E-state index in [0.29, 0.717) is 12.4 Å². The van der Waals surface area contributed by atoms with Gasteiger partial charge in [0, 0.05) is 8.95 Å². The van der Waals surface area contributed by atoms with Crippen LogP contribution in [0.2, 0.25) is 0 Å². The molecule has 0 aliphatic carbocycles. The van der Waals surface area contributed by atoms with Crippen LogP contribution in [0.5, 0.6) is 5.75 Å². The number of hydrogen-bond donors (Lipinski definition) is 0. The second kappa shape index (κ2) is 4.74. The minimum Gasteiger partial charge on any atom is -0.494 e. The van der Waals surface area contributed by atoms with Crippen LogP contribution in [-0.4, -0.2) is 6.61 Å². The molecule has 0 bridgehead atoms. The zero-order valence-corrected chi connectivity index (χ0v) is 10.8. The lowest BCUT2D eigenvalue weighted by atomic mass is 10.2. The Kier molecular flexibility index (Phi) is 4.06. The van der Waals surface area contributed by atoms with Crippen molar-refractivity contribution in [2.24, 2.45) is 0 Å². The average molecular weight is 348 g/mol. The van der Waals surface area contributed by atoms with Crippen molar-refractivity contribution in [3.05, 3.63) is 26.6 Å². The molecule has 84 valence electrons. The Labute approximate surface area is 102 Å². The van der Waals surface area contributed by atoms with Gasteiger partial charge in [0.05, 0.1) is 12.2 Å². The SMILES string of the molecule is CCOc1cc(Br)c(C(F)(F)F)c(Br)c1. The van der Waals surface area contributed by atoms with Crippen LogP contribution in [0.25, 0.3) is 0 Å². The van der Waals surface area contributed by atoms with E-state index >= 15 is 0 Å². The van der Waals surface area contributed by atoms with Gasteiger partial charge in [0.1, 0.15) is 5.75 Å². The normalized spacial score (nSPS) is 11.6. The Morgan fingerprint density at radius 2 is 1.67 bits per heavy atom. The maximum absolute atomic E-state index is 12.5. The minimum absolute atomic E-state index is 0.0344. The molecule has 1 rings (SSSR count). The number of alkyl halides is 3. The third kappa shape index (κ3) is 3.11. The summed E-state index contributed by atoms with van der Waals surface area (Å²) in [5.41, 5.74) is -0.731. The molecule has 1 nitrogen and oxygen atoms in total. The maximum Gasteiger partial charge on any atom is 0.418 e. The summed E-state index contributed by atoms with van der Waals surface area (Å²) >= 11 is 5.75. The van der Waals surface area contributed by atoms with E-state index in [9.17, 15) is 13.2 Å². The summed E-state index contributed by atoms with van der Waals surface area (Å²) in [4.78, 5) is 0. The van der Waals surface area contributed by atoms with Crippen LogP contribution in [0.3, 0.4) is 0 Å². The topological polar surface area (TPSA) is 9.23 Å². The fourth-order valence-electron chi connectivity index (χ4n) is 1.07. The molecule has 0 aliphatic rings. The molecule has 0 radical (unpaired) electrons. The molecule has 0 saturated heterocycles. The molecule has 0 amide bonds. The van der Waals surface area contributed by atoms with Crippen LogP contribution >= 0.6 is 31.9 Å². The molecule has 0 heterocycles. The zero-order chi connectivity index (χ0) is 11.6. The molecule has 6 heteroatoms. The van der Waals surface area contributed by atoms with Crippen molar-refractivity contribution in [1.82, 2.24) is 0 Å². The van der Waals surface area contributed by atoms with Gasteiger partial charge in [0.15, 0.2) is 0 Å². The molecule has 0 aliphatic heterocycles. The Bertz CT molecular complexity index is 340. The molecule has 1 aromatic carbocycles. The molecule has 0 saturated carbocycles. The van der Waals surface area contributed by atoms with Gasteiger partial charge in [-0.25, -0.2) is 0 Å². The molecular formula is C9H7Br2F3O. The molecular weight excluding hydrogens is 341 g/mol. The van der Waals surface area contributed by atoms with E-state index in [0.717, 1.165) is 0 Å². The second-order valence-electron chi connectivity index (χ2n) is 2.69. The molecule has 1 aromatic rings. The lowest BCUT2D eigenvalue weighted by Crippen LogP contribution is -2.07. The zero-order valence-electron chi connectivity index (χ0n) is 7.66. The summed E-state index contributed by atoms with van der Waals surface area (Å²) in [6, 6.07) is 2.61. The van der Waals surface area contributed by atoms with Gasteiger partial charge in [0.25, 0.3) is 0 Å². The molecule has 0 atom stereocenters. The molecule has 0 fully saturated rings. The fourth-order valence-corrected chi connectivity index (χ4v) is 2.66. The van der Waals surface area contributed by atoms with E-state index in [2.05, 4.69) is 31.9 Å². The van der Waals surface area contributed by atoms with Crippen molar-refractivity contribution < 1.29 is 17.9 Å². The van der Waals surface area contributed by atoms with E-state index in [-0.39, 0.29) is 8.95 Å². The number of benzene rings is 1. The summed E-state index contributed by atoms with van der Waals surface area (Å²) in [5.74, 6) is 0.393.